The lowest BCUT2D eigenvalue weighted by atomic mass is 10.2. The Labute approximate surface area is 155 Å². The van der Waals surface area contributed by atoms with Gasteiger partial charge in [-0.05, 0) is 42.8 Å². The maximum atomic E-state index is 12.3. The average Bonchev–Trinajstić information content (AvgIpc) is 2.66. The lowest BCUT2D eigenvalue weighted by Gasteiger charge is -2.29. The zero-order chi connectivity index (χ0) is 18.2. The Kier molecular flexibility index (Phi) is 6.63. The largest absolute Gasteiger partial charge is 0.457 e. The van der Waals surface area contributed by atoms with Gasteiger partial charge in [0.1, 0.15) is 37.7 Å². The number of anilines is 1. The number of carbonyl (C=O) groups is 1. The van der Waals surface area contributed by atoms with Gasteiger partial charge in [0.2, 0.25) is 0 Å². The van der Waals surface area contributed by atoms with Crippen LogP contribution in [0.1, 0.15) is 13.3 Å². The highest BCUT2D eigenvalue weighted by atomic mass is 16.5. The number of hydrogen-bond donors (Lipinski definition) is 3. The average molecular weight is 355 g/mol. The third-order valence-electron chi connectivity index (χ3n) is 4.80. The molecule has 1 fully saturated rings. The van der Waals surface area contributed by atoms with E-state index in [0.717, 1.165) is 30.3 Å². The Morgan fingerprint density at radius 1 is 0.923 bits per heavy atom. The highest BCUT2D eigenvalue weighted by Crippen LogP contribution is 2.22. The van der Waals surface area contributed by atoms with E-state index in [1.165, 1.54) is 31.0 Å². The zero-order valence-corrected chi connectivity index (χ0v) is 15.5. The van der Waals surface area contributed by atoms with Gasteiger partial charge >= 0.3 is 0 Å². The van der Waals surface area contributed by atoms with Gasteiger partial charge in [-0.25, -0.2) is 0 Å². The molecule has 3 rings (SSSR count). The molecule has 26 heavy (non-hydrogen) atoms. The molecule has 0 spiro atoms. The van der Waals surface area contributed by atoms with Crippen molar-refractivity contribution in [2.75, 3.05) is 44.6 Å². The first-order valence-electron chi connectivity index (χ1n) is 9.53. The standard InChI is InChI=1S/C21H27N3O2/c1-2-12-23-13-15-24(16-14-23)17-21(25)22-18-8-10-20(11-9-18)26-19-6-4-3-5-7-19/h3-11H,2,12-17H2,1H3,(H,22,25)/p+2. The van der Waals surface area contributed by atoms with Gasteiger partial charge in [0.25, 0.3) is 5.91 Å². The van der Waals surface area contributed by atoms with Gasteiger partial charge in [-0.3, -0.25) is 4.79 Å². The molecule has 5 heteroatoms. The summed E-state index contributed by atoms with van der Waals surface area (Å²) in [5.74, 6) is 1.64. The van der Waals surface area contributed by atoms with E-state index in [2.05, 4.69) is 12.2 Å². The fourth-order valence-electron chi connectivity index (χ4n) is 3.40. The number of hydrogen-bond acceptors (Lipinski definition) is 2. The topological polar surface area (TPSA) is 47.2 Å². The molecule has 1 aliphatic rings. The number of quaternary nitrogens is 2. The minimum absolute atomic E-state index is 0.0793. The summed E-state index contributed by atoms with van der Waals surface area (Å²) in [6, 6.07) is 17.2. The van der Waals surface area contributed by atoms with Crippen LogP contribution in [0.4, 0.5) is 5.69 Å². The number of carbonyl (C=O) groups excluding carboxylic acids is 1. The lowest BCUT2D eigenvalue weighted by molar-refractivity contribution is -1.01. The lowest BCUT2D eigenvalue weighted by Crippen LogP contribution is -3.28. The van der Waals surface area contributed by atoms with Gasteiger partial charge in [0, 0.05) is 5.69 Å². The molecule has 3 N–H and O–H groups in total. The van der Waals surface area contributed by atoms with Crippen LogP contribution in [0, 0.1) is 0 Å². The van der Waals surface area contributed by atoms with Crippen molar-refractivity contribution in [3.8, 4) is 11.5 Å². The van der Waals surface area contributed by atoms with Crippen LogP contribution in [-0.4, -0.2) is 45.2 Å². The number of para-hydroxylation sites is 1. The second-order valence-electron chi connectivity index (χ2n) is 6.91. The number of nitrogens with one attached hydrogen (secondary N) is 3. The quantitative estimate of drug-likeness (QED) is 0.682. The molecular weight excluding hydrogens is 326 g/mol. The van der Waals surface area contributed by atoms with Crippen molar-refractivity contribution < 1.29 is 19.3 Å². The molecule has 0 unspecified atom stereocenters. The van der Waals surface area contributed by atoms with Crippen molar-refractivity contribution >= 4 is 11.6 Å². The molecule has 1 amide bonds. The van der Waals surface area contributed by atoms with E-state index in [-0.39, 0.29) is 5.91 Å². The fraction of sp³-hybridized carbons (Fsp3) is 0.381. The Balaban J connectivity index is 1.44. The second-order valence-corrected chi connectivity index (χ2v) is 6.91. The normalized spacial score (nSPS) is 19.7. The summed E-state index contributed by atoms with van der Waals surface area (Å²) in [7, 11) is 0. The molecule has 0 radical (unpaired) electrons. The third-order valence-corrected chi connectivity index (χ3v) is 4.80. The molecule has 0 aromatic heterocycles. The van der Waals surface area contributed by atoms with Gasteiger partial charge in [-0.2, -0.15) is 0 Å². The molecular formula is C21H29N3O2+2. The highest BCUT2D eigenvalue weighted by Gasteiger charge is 2.24. The highest BCUT2D eigenvalue weighted by molar-refractivity contribution is 5.91. The predicted molar refractivity (Wildman–Crippen MR) is 103 cm³/mol. The maximum absolute atomic E-state index is 12.3. The molecule has 0 bridgehead atoms. The summed E-state index contributed by atoms with van der Waals surface area (Å²) >= 11 is 0. The van der Waals surface area contributed by atoms with Crippen LogP contribution in [0.3, 0.4) is 0 Å². The molecule has 0 aliphatic carbocycles. The summed E-state index contributed by atoms with van der Waals surface area (Å²) < 4.78 is 5.77. The molecule has 2 aromatic carbocycles. The van der Waals surface area contributed by atoms with Crippen LogP contribution < -0.4 is 19.9 Å². The first-order valence-corrected chi connectivity index (χ1v) is 9.53. The van der Waals surface area contributed by atoms with Gasteiger partial charge in [0.15, 0.2) is 6.54 Å². The molecule has 2 aromatic rings. The fourth-order valence-corrected chi connectivity index (χ4v) is 3.40. The Morgan fingerprint density at radius 3 is 2.19 bits per heavy atom. The number of benzene rings is 2. The summed E-state index contributed by atoms with van der Waals surface area (Å²) in [5.41, 5.74) is 0.810. The van der Waals surface area contributed by atoms with Crippen molar-refractivity contribution in [1.29, 1.82) is 0 Å². The van der Waals surface area contributed by atoms with Gasteiger partial charge < -0.3 is 19.9 Å². The monoisotopic (exact) mass is 355 g/mol. The van der Waals surface area contributed by atoms with Crippen LogP contribution in [0.2, 0.25) is 0 Å². The zero-order valence-electron chi connectivity index (χ0n) is 15.5. The van der Waals surface area contributed by atoms with E-state index < -0.39 is 0 Å². The summed E-state index contributed by atoms with van der Waals surface area (Å²) in [6.45, 7) is 8.51. The predicted octanol–water partition coefficient (Wildman–Crippen LogP) is 0.611. The van der Waals surface area contributed by atoms with E-state index in [0.29, 0.717) is 6.54 Å². The molecule has 0 atom stereocenters. The van der Waals surface area contributed by atoms with Crippen molar-refractivity contribution in [1.82, 2.24) is 0 Å². The van der Waals surface area contributed by atoms with E-state index in [1.54, 1.807) is 4.90 Å². The Bertz CT molecular complexity index is 680. The number of amides is 1. The van der Waals surface area contributed by atoms with Crippen LogP contribution in [-0.2, 0) is 4.79 Å². The molecule has 138 valence electrons. The van der Waals surface area contributed by atoms with E-state index in [9.17, 15) is 4.79 Å². The van der Waals surface area contributed by atoms with Crippen molar-refractivity contribution in [2.24, 2.45) is 0 Å². The SMILES string of the molecule is CCC[NH+]1CC[NH+](CC(=O)Nc2ccc(Oc3ccccc3)cc2)CC1. The second kappa shape index (κ2) is 9.36. The smallest absolute Gasteiger partial charge is 0.279 e. The number of ether oxygens (including phenoxy) is 1. The van der Waals surface area contributed by atoms with E-state index >= 15 is 0 Å². The van der Waals surface area contributed by atoms with E-state index in [4.69, 9.17) is 4.74 Å². The Hall–Kier alpha value is -2.37. The summed E-state index contributed by atoms with van der Waals surface area (Å²) in [4.78, 5) is 15.3. The van der Waals surface area contributed by atoms with Gasteiger partial charge in [-0.1, -0.05) is 25.1 Å². The van der Waals surface area contributed by atoms with Crippen LogP contribution >= 0.6 is 0 Å². The van der Waals surface area contributed by atoms with Crippen molar-refractivity contribution in [3.63, 3.8) is 0 Å². The first-order chi connectivity index (χ1) is 12.7. The molecule has 0 saturated carbocycles. The number of rotatable bonds is 7. The van der Waals surface area contributed by atoms with Crippen molar-refractivity contribution in [3.05, 3.63) is 54.6 Å². The first kappa shape index (κ1) is 18.4. The minimum Gasteiger partial charge on any atom is -0.457 e. The molecule has 1 saturated heterocycles. The van der Waals surface area contributed by atoms with Crippen LogP contribution in [0.25, 0.3) is 0 Å². The van der Waals surface area contributed by atoms with Gasteiger partial charge in [0.05, 0.1) is 6.54 Å². The van der Waals surface area contributed by atoms with Crippen LogP contribution in [0.15, 0.2) is 54.6 Å². The maximum Gasteiger partial charge on any atom is 0.279 e. The summed E-state index contributed by atoms with van der Waals surface area (Å²) in [5, 5.41) is 2.99. The molecule has 1 aliphatic heterocycles. The van der Waals surface area contributed by atoms with Crippen LogP contribution in [0.5, 0.6) is 11.5 Å². The van der Waals surface area contributed by atoms with E-state index in [1.807, 2.05) is 54.6 Å². The summed E-state index contributed by atoms with van der Waals surface area (Å²) in [6.07, 6.45) is 1.23. The van der Waals surface area contributed by atoms with Gasteiger partial charge in [-0.15, -0.1) is 0 Å². The number of piperazine rings is 1. The minimum atomic E-state index is 0.0793. The third kappa shape index (κ3) is 5.58. The molecule has 1 heterocycles. The molecule has 5 nitrogen and oxygen atoms in total. The Morgan fingerprint density at radius 2 is 1.54 bits per heavy atom. The van der Waals surface area contributed by atoms with Crippen molar-refractivity contribution in [2.45, 2.75) is 13.3 Å².